The van der Waals surface area contributed by atoms with Crippen LogP contribution in [0.2, 0.25) is 0 Å². The average Bonchev–Trinajstić information content (AvgIpc) is 1.80. The second-order valence-corrected chi connectivity index (χ2v) is 2.90. The highest BCUT2D eigenvalue weighted by molar-refractivity contribution is 5.76. The van der Waals surface area contributed by atoms with E-state index in [0.717, 1.165) is 0 Å². The summed E-state index contributed by atoms with van der Waals surface area (Å²) in [6.07, 6.45) is -10.5. The number of halogens is 6. The van der Waals surface area contributed by atoms with Crippen molar-refractivity contribution in [1.82, 2.24) is 0 Å². The molecule has 0 bridgehead atoms. The number of hydrogen-bond acceptors (Lipinski definition) is 2. The van der Waals surface area contributed by atoms with Gasteiger partial charge in [0.05, 0.1) is 0 Å². The van der Waals surface area contributed by atoms with Crippen LogP contribution < -0.4 is 0 Å². The first-order valence-corrected chi connectivity index (χ1v) is 3.25. The quantitative estimate of drug-likeness (QED) is 0.505. The van der Waals surface area contributed by atoms with Gasteiger partial charge >= 0.3 is 18.3 Å². The summed E-state index contributed by atoms with van der Waals surface area (Å²) < 4.78 is 73.7. The molecule has 0 aromatic rings. The highest BCUT2D eigenvalue weighted by Crippen LogP contribution is 2.34. The first-order valence-electron chi connectivity index (χ1n) is 3.25. The van der Waals surface area contributed by atoms with Crippen molar-refractivity contribution in [2.75, 3.05) is 0 Å². The number of ether oxygens (including phenoxy) is 1. The predicted octanol–water partition coefficient (Wildman–Crippen LogP) is 2.43. The number of alkyl halides is 6. The lowest BCUT2D eigenvalue weighted by molar-refractivity contribution is -0.274. The maximum Gasteiger partial charge on any atom is 0.490 e. The Labute approximate surface area is 74.8 Å². The smallest absolute Gasteiger partial charge is 0.443 e. The van der Waals surface area contributed by atoms with Gasteiger partial charge in [-0.15, -0.1) is 0 Å². The number of carbonyl (C=O) groups excluding carboxylic acids is 1. The van der Waals surface area contributed by atoms with Crippen molar-refractivity contribution in [2.45, 2.75) is 31.8 Å². The van der Waals surface area contributed by atoms with Crippen LogP contribution in [0, 0.1) is 0 Å². The van der Waals surface area contributed by atoms with Crippen LogP contribution in [0.1, 0.15) is 13.8 Å². The van der Waals surface area contributed by atoms with Crippen molar-refractivity contribution in [3.05, 3.63) is 0 Å². The minimum atomic E-state index is -5.43. The second-order valence-electron chi connectivity index (χ2n) is 2.90. The molecule has 0 heterocycles. The summed E-state index contributed by atoms with van der Waals surface area (Å²) in [7, 11) is 0. The zero-order chi connectivity index (χ0) is 11.8. The minimum Gasteiger partial charge on any atom is -0.443 e. The molecule has 0 rings (SSSR count). The van der Waals surface area contributed by atoms with Gasteiger partial charge in [0.2, 0.25) is 5.60 Å². The molecule has 0 aliphatic rings. The van der Waals surface area contributed by atoms with Crippen LogP contribution in [0.4, 0.5) is 26.3 Å². The average molecular weight is 224 g/mol. The first kappa shape index (κ1) is 13.0. The van der Waals surface area contributed by atoms with Gasteiger partial charge in [0.1, 0.15) is 0 Å². The van der Waals surface area contributed by atoms with E-state index < -0.39 is 23.9 Å². The fourth-order valence-electron chi connectivity index (χ4n) is 0.347. The van der Waals surface area contributed by atoms with Gasteiger partial charge in [0.15, 0.2) is 0 Å². The lowest BCUT2D eigenvalue weighted by Gasteiger charge is -2.27. The van der Waals surface area contributed by atoms with E-state index in [-0.39, 0.29) is 0 Å². The fraction of sp³-hybridized carbons (Fsp3) is 0.833. The lowest BCUT2D eigenvalue weighted by Crippen LogP contribution is -2.46. The van der Waals surface area contributed by atoms with Crippen molar-refractivity contribution < 1.29 is 35.9 Å². The number of carbonyl (C=O) groups is 1. The lowest BCUT2D eigenvalue weighted by atomic mass is 10.1. The Balaban J connectivity index is 4.62. The van der Waals surface area contributed by atoms with Gasteiger partial charge in [-0.2, -0.15) is 26.3 Å². The summed E-state index contributed by atoms with van der Waals surface area (Å²) in [4.78, 5) is 10.1. The van der Waals surface area contributed by atoms with Crippen LogP contribution >= 0.6 is 0 Å². The van der Waals surface area contributed by atoms with Gasteiger partial charge in [-0.3, -0.25) is 0 Å². The molecule has 0 saturated carbocycles. The normalized spacial score (nSPS) is 14.0. The molecule has 0 fully saturated rings. The van der Waals surface area contributed by atoms with E-state index >= 15 is 0 Å². The molecule has 0 unspecified atom stereocenters. The van der Waals surface area contributed by atoms with E-state index in [2.05, 4.69) is 4.74 Å². The van der Waals surface area contributed by atoms with E-state index in [1.165, 1.54) is 0 Å². The largest absolute Gasteiger partial charge is 0.490 e. The summed E-state index contributed by atoms with van der Waals surface area (Å²) in [5, 5.41) is 0. The molecule has 0 aliphatic heterocycles. The summed E-state index contributed by atoms with van der Waals surface area (Å²) in [5.74, 6) is -2.86. The van der Waals surface area contributed by atoms with Crippen LogP contribution in [0.5, 0.6) is 0 Å². The molecule has 0 radical (unpaired) electrons. The highest BCUT2D eigenvalue weighted by Gasteiger charge is 2.54. The van der Waals surface area contributed by atoms with Crippen molar-refractivity contribution in [3.8, 4) is 0 Å². The minimum absolute atomic E-state index is 0.330. The van der Waals surface area contributed by atoms with Crippen LogP contribution in [-0.4, -0.2) is 23.9 Å². The maximum atomic E-state index is 11.9. The third kappa shape index (κ3) is 3.08. The van der Waals surface area contributed by atoms with Gasteiger partial charge in [-0.25, -0.2) is 4.79 Å². The summed E-state index contributed by atoms with van der Waals surface area (Å²) in [5.41, 5.74) is -3.15. The molecule has 14 heavy (non-hydrogen) atoms. The fourth-order valence-corrected chi connectivity index (χ4v) is 0.347. The van der Waals surface area contributed by atoms with Crippen molar-refractivity contribution in [3.63, 3.8) is 0 Å². The first-order chi connectivity index (χ1) is 5.88. The summed E-state index contributed by atoms with van der Waals surface area (Å²) in [6.45, 7) is 0.660. The Morgan fingerprint density at radius 3 is 1.57 bits per heavy atom. The molecule has 84 valence electrons. The molecule has 2 nitrogen and oxygen atoms in total. The Kier molecular flexibility index (Phi) is 3.10. The Morgan fingerprint density at radius 2 is 1.36 bits per heavy atom. The SMILES string of the molecule is CC(C)(OC(=O)C(F)(F)F)C(F)(F)F. The molecule has 0 aromatic heterocycles. The molecule has 0 aliphatic carbocycles. The highest BCUT2D eigenvalue weighted by atomic mass is 19.4. The number of rotatable bonds is 1. The van der Waals surface area contributed by atoms with E-state index in [9.17, 15) is 31.1 Å². The van der Waals surface area contributed by atoms with Crippen LogP contribution in [-0.2, 0) is 9.53 Å². The number of hydrogen-bond donors (Lipinski definition) is 0. The predicted molar refractivity (Wildman–Crippen MR) is 32.3 cm³/mol. The standard InChI is InChI=1S/C6H6F6O2/c1-4(2,6(10,11)12)14-3(13)5(7,8)9/h1-2H3. The molecule has 0 N–H and O–H groups in total. The van der Waals surface area contributed by atoms with E-state index in [1.807, 2.05) is 0 Å². The molecule has 8 heteroatoms. The topological polar surface area (TPSA) is 26.3 Å². The third-order valence-corrected chi connectivity index (χ3v) is 1.26. The Bertz CT molecular complexity index is 225. The number of esters is 1. The molecule has 0 aromatic carbocycles. The molecule has 0 saturated heterocycles. The Morgan fingerprint density at radius 1 is 1.00 bits per heavy atom. The van der Waals surface area contributed by atoms with Gasteiger partial charge < -0.3 is 4.74 Å². The van der Waals surface area contributed by atoms with Gasteiger partial charge in [-0.1, -0.05) is 0 Å². The van der Waals surface area contributed by atoms with E-state index in [0.29, 0.717) is 13.8 Å². The van der Waals surface area contributed by atoms with Crippen LogP contribution in [0.3, 0.4) is 0 Å². The second kappa shape index (κ2) is 3.32. The van der Waals surface area contributed by atoms with Crippen LogP contribution in [0.15, 0.2) is 0 Å². The van der Waals surface area contributed by atoms with E-state index in [1.54, 1.807) is 0 Å². The van der Waals surface area contributed by atoms with Crippen molar-refractivity contribution in [1.29, 1.82) is 0 Å². The Hall–Kier alpha value is -0.950. The molecule has 0 amide bonds. The summed E-state index contributed by atoms with van der Waals surface area (Å²) in [6, 6.07) is 0. The summed E-state index contributed by atoms with van der Waals surface area (Å²) >= 11 is 0. The molecular weight excluding hydrogens is 218 g/mol. The van der Waals surface area contributed by atoms with Crippen molar-refractivity contribution >= 4 is 5.97 Å². The monoisotopic (exact) mass is 224 g/mol. The third-order valence-electron chi connectivity index (χ3n) is 1.26. The van der Waals surface area contributed by atoms with Gasteiger partial charge in [0.25, 0.3) is 0 Å². The van der Waals surface area contributed by atoms with Gasteiger partial charge in [0, 0.05) is 0 Å². The zero-order valence-corrected chi connectivity index (χ0v) is 7.08. The maximum absolute atomic E-state index is 11.9. The van der Waals surface area contributed by atoms with E-state index in [4.69, 9.17) is 0 Å². The zero-order valence-electron chi connectivity index (χ0n) is 7.08. The van der Waals surface area contributed by atoms with Gasteiger partial charge in [-0.05, 0) is 13.8 Å². The molecular formula is C6H6F6O2. The molecule has 0 spiro atoms. The molecule has 0 atom stereocenters. The van der Waals surface area contributed by atoms with Crippen LogP contribution in [0.25, 0.3) is 0 Å². The van der Waals surface area contributed by atoms with Crippen molar-refractivity contribution in [2.24, 2.45) is 0 Å².